The van der Waals surface area contributed by atoms with Gasteiger partial charge in [-0.15, -0.1) is 0 Å². The third-order valence-corrected chi connectivity index (χ3v) is 3.18. The van der Waals surface area contributed by atoms with Crippen LogP contribution in [0.3, 0.4) is 0 Å². The lowest BCUT2D eigenvalue weighted by atomic mass is 10.2. The molecule has 0 aliphatic heterocycles. The maximum Gasteiger partial charge on any atom is 0.265 e. The molecule has 0 fully saturated rings. The summed E-state index contributed by atoms with van der Waals surface area (Å²) in [5.41, 5.74) is 0.608. The van der Waals surface area contributed by atoms with Gasteiger partial charge in [0.15, 0.2) is 17.7 Å². The van der Waals surface area contributed by atoms with Crippen LogP contribution in [0, 0.1) is 5.82 Å². The SMILES string of the molecule is CCOc1cccc(NC(=O)C(CC)Oc2ccccc2F)c1. The third kappa shape index (κ3) is 4.71. The van der Waals surface area contributed by atoms with Crippen molar-refractivity contribution in [2.45, 2.75) is 26.4 Å². The van der Waals surface area contributed by atoms with Gasteiger partial charge in [0.1, 0.15) is 5.75 Å². The average Bonchev–Trinajstić information content (AvgIpc) is 2.54. The zero-order valence-corrected chi connectivity index (χ0v) is 13.2. The number of benzene rings is 2. The van der Waals surface area contributed by atoms with Crippen molar-refractivity contribution in [3.05, 3.63) is 54.3 Å². The molecule has 23 heavy (non-hydrogen) atoms. The van der Waals surface area contributed by atoms with Crippen molar-refractivity contribution in [1.29, 1.82) is 0 Å². The van der Waals surface area contributed by atoms with Gasteiger partial charge in [0.25, 0.3) is 5.91 Å². The van der Waals surface area contributed by atoms with Gasteiger partial charge in [0, 0.05) is 11.8 Å². The Morgan fingerprint density at radius 2 is 1.96 bits per heavy atom. The van der Waals surface area contributed by atoms with Crippen LogP contribution in [0.15, 0.2) is 48.5 Å². The van der Waals surface area contributed by atoms with Gasteiger partial charge in [0.05, 0.1) is 6.61 Å². The van der Waals surface area contributed by atoms with Crippen molar-refractivity contribution in [2.75, 3.05) is 11.9 Å². The number of nitrogens with one attached hydrogen (secondary N) is 1. The van der Waals surface area contributed by atoms with E-state index in [1.165, 1.54) is 12.1 Å². The van der Waals surface area contributed by atoms with Crippen molar-refractivity contribution in [3.8, 4) is 11.5 Å². The Labute approximate surface area is 135 Å². The predicted molar refractivity (Wildman–Crippen MR) is 87.3 cm³/mol. The van der Waals surface area contributed by atoms with E-state index in [2.05, 4.69) is 5.32 Å². The average molecular weight is 317 g/mol. The first-order chi connectivity index (χ1) is 11.1. The zero-order valence-electron chi connectivity index (χ0n) is 13.2. The molecule has 1 N–H and O–H groups in total. The first kappa shape index (κ1) is 16.8. The lowest BCUT2D eigenvalue weighted by molar-refractivity contribution is -0.122. The molecule has 4 nitrogen and oxygen atoms in total. The van der Waals surface area contributed by atoms with E-state index in [9.17, 15) is 9.18 Å². The highest BCUT2D eigenvalue weighted by Gasteiger charge is 2.20. The first-order valence-electron chi connectivity index (χ1n) is 7.59. The summed E-state index contributed by atoms with van der Waals surface area (Å²) < 4.78 is 24.5. The molecule has 0 saturated carbocycles. The van der Waals surface area contributed by atoms with Gasteiger partial charge in [0.2, 0.25) is 0 Å². The van der Waals surface area contributed by atoms with E-state index >= 15 is 0 Å². The van der Waals surface area contributed by atoms with Gasteiger partial charge >= 0.3 is 0 Å². The summed E-state index contributed by atoms with van der Waals surface area (Å²) in [4.78, 5) is 12.3. The second kappa shape index (κ2) is 8.17. The smallest absolute Gasteiger partial charge is 0.265 e. The van der Waals surface area contributed by atoms with Crippen molar-refractivity contribution >= 4 is 11.6 Å². The molecule has 2 aromatic rings. The maximum absolute atomic E-state index is 13.6. The quantitative estimate of drug-likeness (QED) is 0.839. The highest BCUT2D eigenvalue weighted by atomic mass is 19.1. The highest BCUT2D eigenvalue weighted by molar-refractivity contribution is 5.94. The fraction of sp³-hybridized carbons (Fsp3) is 0.278. The second-order valence-electron chi connectivity index (χ2n) is 4.90. The molecule has 0 aromatic heterocycles. The number of carbonyl (C=O) groups is 1. The van der Waals surface area contributed by atoms with Crippen LogP contribution in [-0.2, 0) is 4.79 Å². The van der Waals surface area contributed by atoms with Crippen LogP contribution < -0.4 is 14.8 Å². The Morgan fingerprint density at radius 1 is 1.17 bits per heavy atom. The van der Waals surface area contributed by atoms with Crippen LogP contribution in [0.25, 0.3) is 0 Å². The third-order valence-electron chi connectivity index (χ3n) is 3.18. The van der Waals surface area contributed by atoms with Crippen molar-refractivity contribution < 1.29 is 18.7 Å². The number of rotatable bonds is 7. The van der Waals surface area contributed by atoms with E-state index in [1.54, 1.807) is 30.3 Å². The summed E-state index contributed by atoms with van der Waals surface area (Å²) in [6, 6.07) is 13.1. The van der Waals surface area contributed by atoms with Gasteiger partial charge in [-0.3, -0.25) is 4.79 Å². The molecule has 0 spiro atoms. The van der Waals surface area contributed by atoms with Crippen LogP contribution in [0.2, 0.25) is 0 Å². The number of hydrogen-bond donors (Lipinski definition) is 1. The van der Waals surface area contributed by atoms with Crippen LogP contribution >= 0.6 is 0 Å². The second-order valence-corrected chi connectivity index (χ2v) is 4.90. The lowest BCUT2D eigenvalue weighted by Crippen LogP contribution is -2.32. The molecule has 1 unspecified atom stereocenters. The van der Waals surface area contributed by atoms with Crippen LogP contribution in [-0.4, -0.2) is 18.6 Å². The minimum atomic E-state index is -0.775. The summed E-state index contributed by atoms with van der Waals surface area (Å²) in [6.45, 7) is 4.24. The zero-order chi connectivity index (χ0) is 16.7. The predicted octanol–water partition coefficient (Wildman–Crippen LogP) is 4.02. The molecule has 122 valence electrons. The van der Waals surface area contributed by atoms with E-state index in [0.717, 1.165) is 0 Å². The topological polar surface area (TPSA) is 47.6 Å². The standard InChI is InChI=1S/C18H20FNO3/c1-3-16(23-17-11-6-5-10-15(17)19)18(21)20-13-8-7-9-14(12-13)22-4-2/h5-12,16H,3-4H2,1-2H3,(H,20,21). The number of hydrogen-bond acceptors (Lipinski definition) is 3. The molecule has 2 rings (SSSR count). The summed E-state index contributed by atoms with van der Waals surface area (Å²) in [6.07, 6.45) is -0.353. The van der Waals surface area contributed by atoms with Gasteiger partial charge in [-0.1, -0.05) is 25.1 Å². The molecule has 1 amide bonds. The Bertz CT molecular complexity index is 660. The number of ether oxygens (including phenoxy) is 2. The molecule has 0 saturated heterocycles. The van der Waals surface area contributed by atoms with Gasteiger partial charge in [-0.25, -0.2) is 4.39 Å². The number of amides is 1. The number of para-hydroxylation sites is 1. The first-order valence-corrected chi connectivity index (χ1v) is 7.59. The van der Waals surface area contributed by atoms with E-state index in [1.807, 2.05) is 19.9 Å². The molecule has 0 bridgehead atoms. The molecule has 1 atom stereocenters. The molecule has 0 radical (unpaired) electrons. The highest BCUT2D eigenvalue weighted by Crippen LogP contribution is 2.20. The number of anilines is 1. The van der Waals surface area contributed by atoms with Crippen molar-refractivity contribution in [3.63, 3.8) is 0 Å². The van der Waals surface area contributed by atoms with Gasteiger partial charge in [-0.2, -0.15) is 0 Å². The van der Waals surface area contributed by atoms with E-state index in [-0.39, 0.29) is 11.7 Å². The normalized spacial score (nSPS) is 11.6. The lowest BCUT2D eigenvalue weighted by Gasteiger charge is -2.18. The van der Waals surface area contributed by atoms with E-state index < -0.39 is 11.9 Å². The van der Waals surface area contributed by atoms with Crippen LogP contribution in [0.5, 0.6) is 11.5 Å². The Hall–Kier alpha value is -2.56. The maximum atomic E-state index is 13.6. The Kier molecular flexibility index (Phi) is 5.97. The molecular formula is C18H20FNO3. The molecule has 0 aliphatic rings. The summed E-state index contributed by atoms with van der Waals surface area (Å²) in [5.74, 6) is -0.0765. The van der Waals surface area contributed by atoms with Crippen LogP contribution in [0.1, 0.15) is 20.3 Å². The molecule has 2 aromatic carbocycles. The minimum absolute atomic E-state index is 0.0672. The molecule has 0 heterocycles. The fourth-order valence-electron chi connectivity index (χ4n) is 2.07. The molecule has 5 heteroatoms. The summed E-state index contributed by atoms with van der Waals surface area (Å²) >= 11 is 0. The monoisotopic (exact) mass is 317 g/mol. The van der Waals surface area contributed by atoms with Crippen LogP contribution in [0.4, 0.5) is 10.1 Å². The minimum Gasteiger partial charge on any atom is -0.494 e. The number of halogens is 1. The van der Waals surface area contributed by atoms with Gasteiger partial charge in [-0.05, 0) is 37.6 Å². The fourth-order valence-corrected chi connectivity index (χ4v) is 2.07. The summed E-state index contributed by atoms with van der Waals surface area (Å²) in [5, 5.41) is 2.77. The Morgan fingerprint density at radius 3 is 2.65 bits per heavy atom. The Balaban J connectivity index is 2.05. The molecule has 0 aliphatic carbocycles. The molecular weight excluding hydrogens is 297 g/mol. The van der Waals surface area contributed by atoms with E-state index in [0.29, 0.717) is 24.5 Å². The summed E-state index contributed by atoms with van der Waals surface area (Å²) in [7, 11) is 0. The van der Waals surface area contributed by atoms with Crippen molar-refractivity contribution in [1.82, 2.24) is 0 Å². The van der Waals surface area contributed by atoms with Gasteiger partial charge < -0.3 is 14.8 Å². The van der Waals surface area contributed by atoms with Crippen molar-refractivity contribution in [2.24, 2.45) is 0 Å². The largest absolute Gasteiger partial charge is 0.494 e. The van der Waals surface area contributed by atoms with E-state index in [4.69, 9.17) is 9.47 Å². The number of carbonyl (C=O) groups excluding carboxylic acids is 1.